The van der Waals surface area contributed by atoms with Crippen LogP contribution in [0.2, 0.25) is 0 Å². The molecule has 0 aromatic heterocycles. The molecular weight excluding hydrogens is 194 g/mol. The van der Waals surface area contributed by atoms with Crippen molar-refractivity contribution in [1.29, 1.82) is 0 Å². The van der Waals surface area contributed by atoms with E-state index in [0.29, 0.717) is 11.2 Å². The Morgan fingerprint density at radius 2 is 2.14 bits per heavy atom. The van der Waals surface area contributed by atoms with Gasteiger partial charge in [0.15, 0.2) is 0 Å². The molecule has 3 rings (SSSR count). The quantitative estimate of drug-likeness (QED) is 0.702. The van der Waals surface area contributed by atoms with Crippen LogP contribution in [0.3, 0.4) is 0 Å². The van der Waals surface area contributed by atoms with Crippen molar-refractivity contribution in [2.45, 2.75) is 5.25 Å². The third-order valence-corrected chi connectivity index (χ3v) is 4.14. The molecule has 2 aliphatic rings. The summed E-state index contributed by atoms with van der Waals surface area (Å²) in [7, 11) is 0. The van der Waals surface area contributed by atoms with E-state index in [0.717, 1.165) is 12.4 Å². The van der Waals surface area contributed by atoms with E-state index >= 15 is 0 Å². The molecule has 0 amide bonds. The standard InChI is InChI=1S/C11H11NOS/c1-2-4-8(5-3-1)11-10-9(7-14-11)6-13-12-10/h1-5,9,11H,6-7H2. The molecule has 1 aromatic rings. The van der Waals surface area contributed by atoms with Gasteiger partial charge in [-0.25, -0.2) is 0 Å². The van der Waals surface area contributed by atoms with Crippen molar-refractivity contribution >= 4 is 17.5 Å². The monoisotopic (exact) mass is 205 g/mol. The molecule has 0 N–H and O–H groups in total. The second kappa shape index (κ2) is 3.31. The molecule has 0 saturated carbocycles. The normalized spacial score (nSPS) is 29.6. The Balaban J connectivity index is 1.93. The third-order valence-electron chi connectivity index (χ3n) is 2.70. The third kappa shape index (κ3) is 1.23. The van der Waals surface area contributed by atoms with Crippen molar-refractivity contribution in [3.63, 3.8) is 0 Å². The maximum absolute atomic E-state index is 5.14. The number of thioether (sulfide) groups is 1. The zero-order valence-electron chi connectivity index (χ0n) is 7.72. The molecule has 2 aliphatic heterocycles. The maximum Gasteiger partial charge on any atom is 0.126 e. The van der Waals surface area contributed by atoms with E-state index < -0.39 is 0 Å². The summed E-state index contributed by atoms with van der Waals surface area (Å²) in [6.07, 6.45) is 0. The molecule has 72 valence electrons. The Labute approximate surface area is 87.3 Å². The number of oxime groups is 1. The van der Waals surface area contributed by atoms with Gasteiger partial charge in [0.1, 0.15) is 6.61 Å². The number of hydrogen-bond donors (Lipinski definition) is 0. The van der Waals surface area contributed by atoms with Gasteiger partial charge in [-0.05, 0) is 5.56 Å². The highest BCUT2D eigenvalue weighted by atomic mass is 32.2. The summed E-state index contributed by atoms with van der Waals surface area (Å²) >= 11 is 1.98. The second-order valence-electron chi connectivity index (χ2n) is 3.63. The van der Waals surface area contributed by atoms with Gasteiger partial charge in [-0.3, -0.25) is 0 Å². The summed E-state index contributed by atoms with van der Waals surface area (Å²) in [4.78, 5) is 5.14. The first-order valence-electron chi connectivity index (χ1n) is 4.81. The summed E-state index contributed by atoms with van der Waals surface area (Å²) < 4.78 is 0. The molecule has 3 heteroatoms. The highest BCUT2D eigenvalue weighted by molar-refractivity contribution is 8.00. The first-order valence-corrected chi connectivity index (χ1v) is 5.86. The molecule has 0 spiro atoms. The van der Waals surface area contributed by atoms with Crippen LogP contribution in [0.15, 0.2) is 35.5 Å². The minimum atomic E-state index is 0.434. The van der Waals surface area contributed by atoms with Gasteiger partial charge in [0, 0.05) is 11.7 Å². The van der Waals surface area contributed by atoms with Crippen LogP contribution in [0.1, 0.15) is 10.8 Å². The van der Waals surface area contributed by atoms with Crippen molar-refractivity contribution < 1.29 is 4.84 Å². The van der Waals surface area contributed by atoms with Crippen molar-refractivity contribution in [2.24, 2.45) is 11.1 Å². The fourth-order valence-corrected chi connectivity index (χ4v) is 3.40. The van der Waals surface area contributed by atoms with Crippen LogP contribution in [0.4, 0.5) is 0 Å². The van der Waals surface area contributed by atoms with Gasteiger partial charge < -0.3 is 4.84 Å². The van der Waals surface area contributed by atoms with Crippen LogP contribution in [-0.4, -0.2) is 18.1 Å². The van der Waals surface area contributed by atoms with E-state index in [-0.39, 0.29) is 0 Å². The molecule has 1 saturated heterocycles. The summed E-state index contributed by atoms with van der Waals surface area (Å²) in [5.74, 6) is 1.71. The van der Waals surface area contributed by atoms with Crippen LogP contribution in [0.5, 0.6) is 0 Å². The van der Waals surface area contributed by atoms with Gasteiger partial charge in [-0.15, -0.1) is 11.8 Å². The van der Waals surface area contributed by atoms with E-state index in [2.05, 4.69) is 29.4 Å². The van der Waals surface area contributed by atoms with Crippen LogP contribution in [0.25, 0.3) is 0 Å². The topological polar surface area (TPSA) is 21.6 Å². The zero-order chi connectivity index (χ0) is 9.38. The van der Waals surface area contributed by atoms with Crippen LogP contribution in [-0.2, 0) is 4.84 Å². The van der Waals surface area contributed by atoms with Gasteiger partial charge in [0.2, 0.25) is 0 Å². The molecule has 1 aromatic carbocycles. The summed E-state index contributed by atoms with van der Waals surface area (Å²) in [5, 5.41) is 4.59. The molecule has 0 aliphatic carbocycles. The van der Waals surface area contributed by atoms with E-state index in [4.69, 9.17) is 4.84 Å². The summed E-state index contributed by atoms with van der Waals surface area (Å²) in [6, 6.07) is 10.6. The van der Waals surface area contributed by atoms with Crippen molar-refractivity contribution in [1.82, 2.24) is 0 Å². The fourth-order valence-electron chi connectivity index (χ4n) is 1.95. The average molecular weight is 205 g/mol. The predicted octanol–water partition coefficient (Wildman–Crippen LogP) is 2.48. The predicted molar refractivity (Wildman–Crippen MR) is 58.5 cm³/mol. The molecule has 2 heterocycles. The first kappa shape index (κ1) is 8.36. The molecule has 0 radical (unpaired) electrons. The average Bonchev–Trinajstić information content (AvgIpc) is 2.79. The molecule has 14 heavy (non-hydrogen) atoms. The number of rotatable bonds is 1. The number of fused-ring (bicyclic) bond motifs is 1. The first-order chi connectivity index (χ1) is 6.95. The molecule has 2 nitrogen and oxygen atoms in total. The second-order valence-corrected chi connectivity index (χ2v) is 4.77. The molecule has 2 unspecified atom stereocenters. The van der Waals surface area contributed by atoms with Gasteiger partial charge in [-0.2, -0.15) is 0 Å². The SMILES string of the molecule is c1ccc(C2SCC3CON=C32)cc1. The van der Waals surface area contributed by atoms with Crippen molar-refractivity contribution in [3.8, 4) is 0 Å². The molecule has 1 fully saturated rings. The maximum atomic E-state index is 5.14. The lowest BCUT2D eigenvalue weighted by Gasteiger charge is -2.08. The molecular formula is C11H11NOS. The number of hydrogen-bond acceptors (Lipinski definition) is 3. The van der Waals surface area contributed by atoms with Crippen molar-refractivity contribution in [2.75, 3.05) is 12.4 Å². The Bertz CT molecular complexity index is 363. The number of nitrogens with zero attached hydrogens (tertiary/aromatic N) is 1. The van der Waals surface area contributed by atoms with Gasteiger partial charge >= 0.3 is 0 Å². The minimum Gasteiger partial charge on any atom is -0.395 e. The lowest BCUT2D eigenvalue weighted by molar-refractivity contribution is 0.158. The van der Waals surface area contributed by atoms with Gasteiger partial charge in [0.25, 0.3) is 0 Å². The Hall–Kier alpha value is -0.960. The largest absolute Gasteiger partial charge is 0.395 e. The van der Waals surface area contributed by atoms with E-state index in [1.165, 1.54) is 11.3 Å². The molecule has 0 bridgehead atoms. The van der Waals surface area contributed by atoms with Crippen LogP contribution < -0.4 is 0 Å². The molecule has 2 atom stereocenters. The highest BCUT2D eigenvalue weighted by Crippen LogP contribution is 2.43. The van der Waals surface area contributed by atoms with Crippen molar-refractivity contribution in [3.05, 3.63) is 35.9 Å². The van der Waals surface area contributed by atoms with Crippen LogP contribution in [0, 0.1) is 5.92 Å². The van der Waals surface area contributed by atoms with Gasteiger partial charge in [-0.1, -0.05) is 35.5 Å². The van der Waals surface area contributed by atoms with E-state index in [1.54, 1.807) is 0 Å². The lowest BCUT2D eigenvalue weighted by Crippen LogP contribution is -2.11. The summed E-state index contributed by atoms with van der Waals surface area (Å²) in [5.41, 5.74) is 2.59. The Morgan fingerprint density at radius 1 is 1.29 bits per heavy atom. The van der Waals surface area contributed by atoms with E-state index in [9.17, 15) is 0 Å². The Kier molecular flexibility index (Phi) is 1.98. The Morgan fingerprint density at radius 3 is 3.00 bits per heavy atom. The summed E-state index contributed by atoms with van der Waals surface area (Å²) in [6.45, 7) is 0.783. The number of benzene rings is 1. The smallest absolute Gasteiger partial charge is 0.126 e. The highest BCUT2D eigenvalue weighted by Gasteiger charge is 2.37. The fraction of sp³-hybridized carbons (Fsp3) is 0.364. The lowest BCUT2D eigenvalue weighted by atomic mass is 10.00. The minimum absolute atomic E-state index is 0.434. The van der Waals surface area contributed by atoms with E-state index in [1.807, 2.05) is 17.8 Å². The zero-order valence-corrected chi connectivity index (χ0v) is 8.54. The van der Waals surface area contributed by atoms with Gasteiger partial charge in [0.05, 0.1) is 11.0 Å². The van der Waals surface area contributed by atoms with Crippen LogP contribution >= 0.6 is 11.8 Å².